The van der Waals surface area contributed by atoms with Gasteiger partial charge in [-0.25, -0.2) is 9.97 Å². The van der Waals surface area contributed by atoms with E-state index in [0.717, 1.165) is 23.7 Å². The second-order valence-electron chi connectivity index (χ2n) is 6.51. The van der Waals surface area contributed by atoms with Crippen LogP contribution in [0, 0.1) is 0 Å². The summed E-state index contributed by atoms with van der Waals surface area (Å²) in [5, 5.41) is 3.32. The van der Waals surface area contributed by atoms with Gasteiger partial charge in [0.2, 0.25) is 0 Å². The normalized spacial score (nSPS) is 15.4. The van der Waals surface area contributed by atoms with Gasteiger partial charge in [0.15, 0.2) is 11.5 Å². The number of para-hydroxylation sites is 1. The fourth-order valence-electron chi connectivity index (χ4n) is 3.52. The second kappa shape index (κ2) is 7.15. The van der Waals surface area contributed by atoms with Gasteiger partial charge < -0.3 is 19.7 Å². The zero-order valence-corrected chi connectivity index (χ0v) is 15.6. The Hall–Kier alpha value is -3.28. The highest BCUT2D eigenvalue weighted by atomic mass is 16.5. The summed E-state index contributed by atoms with van der Waals surface area (Å²) in [6.45, 7) is 2.21. The van der Waals surface area contributed by atoms with E-state index < -0.39 is 0 Å². The number of nitrogens with zero attached hydrogens (tertiary/aromatic N) is 3. The molecule has 0 amide bonds. The van der Waals surface area contributed by atoms with E-state index in [1.54, 1.807) is 20.5 Å². The predicted octanol–water partition coefficient (Wildman–Crippen LogP) is 4.32. The minimum Gasteiger partial charge on any atom is -0.493 e. The van der Waals surface area contributed by atoms with Crippen molar-refractivity contribution < 1.29 is 9.47 Å². The quantitative estimate of drug-likeness (QED) is 0.729. The first-order valence-electron chi connectivity index (χ1n) is 8.88. The number of benzene rings is 2. The van der Waals surface area contributed by atoms with Crippen LogP contribution in [0.25, 0.3) is 0 Å². The van der Waals surface area contributed by atoms with Gasteiger partial charge >= 0.3 is 0 Å². The average molecular weight is 362 g/mol. The van der Waals surface area contributed by atoms with E-state index >= 15 is 0 Å². The van der Waals surface area contributed by atoms with Crippen LogP contribution >= 0.6 is 0 Å². The first-order valence-corrected chi connectivity index (χ1v) is 8.88. The van der Waals surface area contributed by atoms with Crippen LogP contribution in [0.5, 0.6) is 11.5 Å². The molecule has 1 aliphatic rings. The summed E-state index contributed by atoms with van der Waals surface area (Å²) in [6, 6.07) is 16.5. The van der Waals surface area contributed by atoms with Gasteiger partial charge in [0.05, 0.1) is 14.2 Å². The third kappa shape index (κ3) is 3.26. The summed E-state index contributed by atoms with van der Waals surface area (Å²) in [7, 11) is 3.24. The minimum absolute atomic E-state index is 0.353. The highest BCUT2D eigenvalue weighted by molar-refractivity contribution is 5.71. The van der Waals surface area contributed by atoms with Gasteiger partial charge in [-0.2, -0.15) is 0 Å². The first kappa shape index (κ1) is 17.1. The molecule has 1 aromatic heterocycles. The zero-order chi connectivity index (χ0) is 18.8. The maximum atomic E-state index is 5.37. The van der Waals surface area contributed by atoms with Crippen molar-refractivity contribution in [2.24, 2.45) is 0 Å². The molecule has 6 nitrogen and oxygen atoms in total. The van der Waals surface area contributed by atoms with Crippen LogP contribution in [0.4, 0.5) is 23.0 Å². The maximum Gasteiger partial charge on any atom is 0.162 e. The SMILES string of the molecule is COc1ccc(Nc2cc(N3c4ccccc4CC3C)ncn2)cc1OC. The van der Waals surface area contributed by atoms with Crippen LogP contribution in [0.1, 0.15) is 12.5 Å². The fraction of sp³-hybridized carbons (Fsp3) is 0.238. The van der Waals surface area contributed by atoms with Crippen molar-refractivity contribution in [3.63, 3.8) is 0 Å². The Balaban J connectivity index is 1.62. The Labute approximate surface area is 158 Å². The van der Waals surface area contributed by atoms with Crippen molar-refractivity contribution in [1.29, 1.82) is 0 Å². The molecular formula is C21H22N4O2. The van der Waals surface area contributed by atoms with Crippen molar-refractivity contribution in [2.75, 3.05) is 24.4 Å². The number of rotatable bonds is 5. The fourth-order valence-corrected chi connectivity index (χ4v) is 3.52. The molecule has 138 valence electrons. The molecule has 4 rings (SSSR count). The van der Waals surface area contributed by atoms with Gasteiger partial charge in [-0.1, -0.05) is 18.2 Å². The third-order valence-electron chi connectivity index (χ3n) is 4.76. The van der Waals surface area contributed by atoms with Crippen molar-refractivity contribution >= 4 is 23.0 Å². The highest BCUT2D eigenvalue weighted by Crippen LogP contribution is 2.38. The number of nitrogens with one attached hydrogen (secondary N) is 1. The molecule has 3 aromatic rings. The Morgan fingerprint density at radius 1 is 1.00 bits per heavy atom. The van der Waals surface area contributed by atoms with Gasteiger partial charge in [0.25, 0.3) is 0 Å². The number of ether oxygens (including phenoxy) is 2. The van der Waals surface area contributed by atoms with Crippen LogP contribution in [0.15, 0.2) is 54.9 Å². The van der Waals surface area contributed by atoms with Crippen LogP contribution in [0.2, 0.25) is 0 Å². The Bertz CT molecular complexity index is 960. The first-order chi connectivity index (χ1) is 13.2. The van der Waals surface area contributed by atoms with Crippen LogP contribution < -0.4 is 19.7 Å². The molecule has 0 radical (unpaired) electrons. The van der Waals surface area contributed by atoms with Gasteiger partial charge in [-0.05, 0) is 37.1 Å². The lowest BCUT2D eigenvalue weighted by atomic mass is 10.1. The van der Waals surface area contributed by atoms with E-state index in [1.807, 2.05) is 24.3 Å². The molecule has 6 heteroatoms. The maximum absolute atomic E-state index is 5.37. The summed E-state index contributed by atoms with van der Waals surface area (Å²) < 4.78 is 10.7. The molecule has 1 N–H and O–H groups in total. The molecule has 0 fully saturated rings. The second-order valence-corrected chi connectivity index (χ2v) is 6.51. The van der Waals surface area contributed by atoms with Crippen LogP contribution in [-0.4, -0.2) is 30.2 Å². The molecule has 0 aliphatic carbocycles. The molecule has 2 aromatic carbocycles. The Morgan fingerprint density at radius 2 is 1.81 bits per heavy atom. The predicted molar refractivity (Wildman–Crippen MR) is 107 cm³/mol. The Kier molecular flexibility index (Phi) is 4.54. The van der Waals surface area contributed by atoms with Crippen LogP contribution in [0.3, 0.4) is 0 Å². The smallest absolute Gasteiger partial charge is 0.162 e. The van der Waals surface area contributed by atoms with E-state index in [9.17, 15) is 0 Å². The number of fused-ring (bicyclic) bond motifs is 1. The van der Waals surface area contributed by atoms with Crippen molar-refractivity contribution in [1.82, 2.24) is 9.97 Å². The molecule has 0 saturated heterocycles. The highest BCUT2D eigenvalue weighted by Gasteiger charge is 2.27. The van der Waals surface area contributed by atoms with Crippen LogP contribution in [-0.2, 0) is 6.42 Å². The van der Waals surface area contributed by atoms with Gasteiger partial charge in [-0.3, -0.25) is 0 Å². The number of methoxy groups -OCH3 is 2. The molecule has 0 saturated carbocycles. The third-order valence-corrected chi connectivity index (χ3v) is 4.76. The van der Waals surface area contributed by atoms with E-state index in [1.165, 1.54) is 11.3 Å². The number of hydrogen-bond acceptors (Lipinski definition) is 6. The molecule has 2 heterocycles. The van der Waals surface area contributed by atoms with Crippen molar-refractivity contribution in [3.8, 4) is 11.5 Å². The summed E-state index contributed by atoms with van der Waals surface area (Å²) in [4.78, 5) is 11.1. The monoisotopic (exact) mass is 362 g/mol. The lowest BCUT2D eigenvalue weighted by molar-refractivity contribution is 0.355. The summed E-state index contributed by atoms with van der Waals surface area (Å²) >= 11 is 0. The largest absolute Gasteiger partial charge is 0.493 e. The molecule has 1 unspecified atom stereocenters. The van der Waals surface area contributed by atoms with E-state index in [4.69, 9.17) is 9.47 Å². The number of aromatic nitrogens is 2. The zero-order valence-electron chi connectivity index (χ0n) is 15.6. The molecular weight excluding hydrogens is 340 g/mol. The Morgan fingerprint density at radius 3 is 2.63 bits per heavy atom. The van der Waals surface area contributed by atoms with Gasteiger partial charge in [-0.15, -0.1) is 0 Å². The van der Waals surface area contributed by atoms with E-state index in [0.29, 0.717) is 17.5 Å². The average Bonchev–Trinajstić information content (AvgIpc) is 3.03. The van der Waals surface area contributed by atoms with Crippen molar-refractivity contribution in [2.45, 2.75) is 19.4 Å². The van der Waals surface area contributed by atoms with Crippen molar-refractivity contribution in [3.05, 3.63) is 60.4 Å². The van der Waals surface area contributed by atoms with Gasteiger partial charge in [0.1, 0.15) is 18.0 Å². The lowest BCUT2D eigenvalue weighted by Crippen LogP contribution is -2.24. The molecule has 1 aliphatic heterocycles. The summed E-state index contributed by atoms with van der Waals surface area (Å²) in [5.74, 6) is 2.96. The summed E-state index contributed by atoms with van der Waals surface area (Å²) in [5.41, 5.74) is 3.42. The molecule has 1 atom stereocenters. The summed E-state index contributed by atoms with van der Waals surface area (Å²) in [6.07, 6.45) is 2.60. The standard InChI is InChI=1S/C21H22N4O2/c1-14-10-15-6-4-5-7-17(15)25(14)21-12-20(22-13-23-21)24-16-8-9-18(26-2)19(11-16)27-3/h4-9,11-14H,10H2,1-3H3,(H,22,23,24). The van der Waals surface area contributed by atoms with E-state index in [2.05, 4.69) is 51.4 Å². The molecule has 0 bridgehead atoms. The number of hydrogen-bond donors (Lipinski definition) is 1. The lowest BCUT2D eigenvalue weighted by Gasteiger charge is -2.24. The van der Waals surface area contributed by atoms with Gasteiger partial charge in [0, 0.05) is 29.5 Å². The minimum atomic E-state index is 0.353. The molecule has 27 heavy (non-hydrogen) atoms. The molecule has 0 spiro atoms. The van der Waals surface area contributed by atoms with E-state index in [-0.39, 0.29) is 0 Å². The topological polar surface area (TPSA) is 59.5 Å². The number of anilines is 4.